The Kier molecular flexibility index (Phi) is 6.04. The topological polar surface area (TPSA) is 0 Å². The number of hydrogen-bond donors (Lipinski definition) is 0. The third-order valence-corrected chi connectivity index (χ3v) is 12.9. The van der Waals surface area contributed by atoms with Crippen LogP contribution in [-0.4, -0.2) is 12.5 Å². The first-order chi connectivity index (χ1) is 22.5. The van der Waals surface area contributed by atoms with Crippen molar-refractivity contribution >= 4 is 42.3 Å². The quantitative estimate of drug-likeness (QED) is 0.176. The zero-order chi connectivity index (χ0) is 31.0. The van der Waals surface area contributed by atoms with Gasteiger partial charge in [-0.25, -0.2) is 0 Å². The second-order valence-corrected chi connectivity index (χ2v) is 16.5. The fourth-order valence-electron chi connectivity index (χ4n) is 7.75. The lowest BCUT2D eigenvalue weighted by Gasteiger charge is -2.29. The van der Waals surface area contributed by atoms with Crippen LogP contribution in [-0.2, 0) is 0 Å². The Morgan fingerprint density at radius 3 is 1.83 bits per heavy atom. The van der Waals surface area contributed by atoms with E-state index in [0.717, 1.165) is 0 Å². The summed E-state index contributed by atoms with van der Waals surface area (Å²) in [5, 5.41) is 7.78. The molecule has 0 radical (unpaired) electrons. The average molecular weight is 607 g/mol. The van der Waals surface area contributed by atoms with E-state index in [2.05, 4.69) is 171 Å². The van der Waals surface area contributed by atoms with Crippen molar-refractivity contribution in [3.05, 3.63) is 157 Å². The molecular formula is C45H34S. The van der Waals surface area contributed by atoms with Crippen LogP contribution < -0.4 is 0 Å². The minimum absolute atomic E-state index is 1.17. The maximum Gasteiger partial charge on any atom is 0.00219 e. The molecule has 0 unspecified atom stereocenters. The van der Waals surface area contributed by atoms with E-state index in [-0.39, 0.29) is 0 Å². The highest BCUT2D eigenvalue weighted by Crippen LogP contribution is 2.68. The number of hydrogen-bond acceptors (Lipinski definition) is 0. The summed E-state index contributed by atoms with van der Waals surface area (Å²) in [5.74, 6) is 0. The molecule has 0 spiro atoms. The second-order valence-electron chi connectivity index (χ2n) is 13.0. The molecule has 1 aliphatic rings. The summed E-state index contributed by atoms with van der Waals surface area (Å²) in [6.07, 6.45) is 4.93. The SMILES string of the molecule is Cc1ccccc1-c1c2ccc(-c3ccc4ccccc4c3)cc2c(-c2ccccc2)c2cc3c(cc12)-c1ccccc1S3(C)C. The summed E-state index contributed by atoms with van der Waals surface area (Å²) >= 11 is 0. The molecule has 0 aliphatic carbocycles. The Hall–Kier alpha value is -5.11. The van der Waals surface area contributed by atoms with Gasteiger partial charge >= 0.3 is 0 Å². The molecule has 1 heterocycles. The third-order valence-electron chi connectivity index (χ3n) is 10.1. The molecule has 0 N–H and O–H groups in total. The van der Waals surface area contributed by atoms with E-state index in [0.29, 0.717) is 0 Å². The minimum Gasteiger partial charge on any atom is -0.192 e. The van der Waals surface area contributed by atoms with E-state index in [1.807, 2.05) is 0 Å². The van der Waals surface area contributed by atoms with Gasteiger partial charge in [-0.1, -0.05) is 121 Å². The lowest BCUT2D eigenvalue weighted by Crippen LogP contribution is -1.96. The van der Waals surface area contributed by atoms with Gasteiger partial charge in [-0.3, -0.25) is 0 Å². The Bertz CT molecular complexity index is 2500. The molecule has 0 saturated carbocycles. The first kappa shape index (κ1) is 27.2. The van der Waals surface area contributed by atoms with Crippen LogP contribution in [0.5, 0.6) is 0 Å². The van der Waals surface area contributed by atoms with E-state index in [1.54, 1.807) is 0 Å². The van der Waals surface area contributed by atoms with E-state index in [4.69, 9.17) is 0 Å². The van der Waals surface area contributed by atoms with Gasteiger partial charge in [-0.15, -0.1) is 0 Å². The largest absolute Gasteiger partial charge is 0.192 e. The molecule has 1 aliphatic heterocycles. The monoisotopic (exact) mass is 606 g/mol. The van der Waals surface area contributed by atoms with Crippen LogP contribution in [0.3, 0.4) is 0 Å². The summed E-state index contributed by atoms with van der Waals surface area (Å²) in [6, 6.07) is 56.7. The fraction of sp³-hybridized carbons (Fsp3) is 0.0667. The highest BCUT2D eigenvalue weighted by molar-refractivity contribution is 8.33. The normalized spacial score (nSPS) is 14.0. The first-order valence-corrected chi connectivity index (χ1v) is 18.4. The fourth-order valence-corrected chi connectivity index (χ4v) is 10.3. The van der Waals surface area contributed by atoms with E-state index >= 15 is 0 Å². The number of aryl methyl sites for hydroxylation is 1. The summed E-state index contributed by atoms with van der Waals surface area (Å²) in [6.45, 7) is 2.25. The molecule has 8 aromatic rings. The molecule has 0 saturated heterocycles. The number of fused-ring (bicyclic) bond motifs is 6. The van der Waals surface area contributed by atoms with Crippen LogP contribution in [0.4, 0.5) is 0 Å². The van der Waals surface area contributed by atoms with Crippen molar-refractivity contribution in [3.63, 3.8) is 0 Å². The molecule has 9 rings (SSSR count). The Morgan fingerprint density at radius 1 is 0.370 bits per heavy atom. The molecule has 220 valence electrons. The number of rotatable bonds is 3. The summed E-state index contributed by atoms with van der Waals surface area (Å²) in [7, 11) is -1.17. The molecule has 0 bridgehead atoms. The first-order valence-electron chi connectivity index (χ1n) is 16.0. The molecule has 0 nitrogen and oxygen atoms in total. The molecule has 8 aromatic carbocycles. The molecule has 1 heteroatoms. The predicted octanol–water partition coefficient (Wildman–Crippen LogP) is 12.9. The standard InChI is InChI=1S/C45H34S/c1-29-13-7-10-18-35(29)45-37-24-23-34(33-22-21-30-14-8-9-17-32(30)25-33)26-39(37)44(31-15-5-4-6-16-31)41-28-43-38(27-40(41)45)36-19-11-12-20-42(36)46(43,2)3/h4-28H,1-3H3. The Labute approximate surface area is 272 Å². The molecule has 0 atom stereocenters. The average Bonchev–Trinajstić information content (AvgIpc) is 3.32. The van der Waals surface area contributed by atoms with Crippen LogP contribution in [0.25, 0.3) is 76.8 Å². The van der Waals surface area contributed by atoms with E-state index in [1.165, 1.54) is 92.2 Å². The Balaban J connectivity index is 1.45. The van der Waals surface area contributed by atoms with Gasteiger partial charge in [0.1, 0.15) is 0 Å². The van der Waals surface area contributed by atoms with Crippen LogP contribution in [0.2, 0.25) is 0 Å². The van der Waals surface area contributed by atoms with Gasteiger partial charge in [0.25, 0.3) is 0 Å². The van der Waals surface area contributed by atoms with E-state index < -0.39 is 10.0 Å². The number of benzene rings is 8. The molecule has 0 aromatic heterocycles. The van der Waals surface area contributed by atoms with Gasteiger partial charge in [0.05, 0.1) is 0 Å². The highest BCUT2D eigenvalue weighted by atomic mass is 32.3. The third kappa shape index (κ3) is 4.02. The van der Waals surface area contributed by atoms with Crippen LogP contribution in [0.1, 0.15) is 5.56 Å². The van der Waals surface area contributed by atoms with E-state index in [9.17, 15) is 0 Å². The van der Waals surface area contributed by atoms with Crippen molar-refractivity contribution in [1.82, 2.24) is 0 Å². The lowest BCUT2D eigenvalue weighted by atomic mass is 9.83. The zero-order valence-electron chi connectivity index (χ0n) is 26.3. The molecule has 46 heavy (non-hydrogen) atoms. The summed E-state index contributed by atoms with van der Waals surface area (Å²) < 4.78 is 0. The maximum absolute atomic E-state index is 2.56. The van der Waals surface area contributed by atoms with Gasteiger partial charge in [0.15, 0.2) is 0 Å². The van der Waals surface area contributed by atoms with Gasteiger partial charge in [0.2, 0.25) is 0 Å². The zero-order valence-corrected chi connectivity index (χ0v) is 27.2. The molecule has 0 amide bonds. The summed E-state index contributed by atoms with van der Waals surface area (Å²) in [4.78, 5) is 2.97. The van der Waals surface area contributed by atoms with Crippen molar-refractivity contribution in [2.75, 3.05) is 12.5 Å². The van der Waals surface area contributed by atoms with Crippen LogP contribution in [0.15, 0.2) is 161 Å². The van der Waals surface area contributed by atoms with Gasteiger partial charge in [-0.05, 0) is 132 Å². The smallest absolute Gasteiger partial charge is 0.00219 e. The van der Waals surface area contributed by atoms with Crippen LogP contribution in [0, 0.1) is 6.92 Å². The van der Waals surface area contributed by atoms with Gasteiger partial charge in [-0.2, -0.15) is 10.0 Å². The highest BCUT2D eigenvalue weighted by Gasteiger charge is 2.33. The van der Waals surface area contributed by atoms with Crippen molar-refractivity contribution in [2.45, 2.75) is 16.7 Å². The van der Waals surface area contributed by atoms with Gasteiger partial charge in [0, 0.05) is 9.79 Å². The molecular weight excluding hydrogens is 573 g/mol. The van der Waals surface area contributed by atoms with Crippen LogP contribution >= 0.6 is 10.0 Å². The maximum atomic E-state index is 2.56. The second kappa shape index (κ2) is 10.2. The van der Waals surface area contributed by atoms with Crippen molar-refractivity contribution in [2.24, 2.45) is 0 Å². The lowest BCUT2D eigenvalue weighted by molar-refractivity contribution is 1.46. The van der Waals surface area contributed by atoms with Gasteiger partial charge < -0.3 is 0 Å². The van der Waals surface area contributed by atoms with Crippen molar-refractivity contribution < 1.29 is 0 Å². The summed E-state index contributed by atoms with van der Waals surface area (Å²) in [5.41, 5.74) is 11.8. The van der Waals surface area contributed by atoms with Crippen molar-refractivity contribution in [3.8, 4) is 44.5 Å². The Morgan fingerprint density at radius 2 is 1.00 bits per heavy atom. The molecule has 0 fully saturated rings. The predicted molar refractivity (Wildman–Crippen MR) is 201 cm³/mol. The van der Waals surface area contributed by atoms with Crippen molar-refractivity contribution in [1.29, 1.82) is 0 Å². The minimum atomic E-state index is -1.17.